The molecule has 3 aliphatic rings. The lowest BCUT2D eigenvalue weighted by molar-refractivity contribution is -0.120. The zero-order valence-corrected chi connectivity index (χ0v) is 17.5. The fourth-order valence-electron chi connectivity index (χ4n) is 4.14. The van der Waals surface area contributed by atoms with Crippen molar-refractivity contribution in [3.8, 4) is 0 Å². The molecule has 1 unspecified atom stereocenters. The predicted octanol–water partition coefficient (Wildman–Crippen LogP) is -0.0961. The van der Waals surface area contributed by atoms with Crippen LogP contribution >= 0.6 is 11.3 Å². The largest absolute Gasteiger partial charge is 0.396 e. The molecular weight excluding hydrogens is 420 g/mol. The van der Waals surface area contributed by atoms with Gasteiger partial charge in [-0.15, -0.1) is 11.3 Å². The van der Waals surface area contributed by atoms with Crippen molar-refractivity contribution in [2.24, 2.45) is 15.9 Å². The minimum absolute atomic E-state index is 0.173. The van der Waals surface area contributed by atoms with Crippen LogP contribution in [0.2, 0.25) is 0 Å². The first-order valence-corrected chi connectivity index (χ1v) is 11.3. The van der Waals surface area contributed by atoms with Gasteiger partial charge in [-0.2, -0.15) is 0 Å². The first kappa shape index (κ1) is 20.4. The molecular formula is C20H24N6O4S. The van der Waals surface area contributed by atoms with Gasteiger partial charge in [-0.25, -0.2) is 9.98 Å². The van der Waals surface area contributed by atoms with Crippen molar-refractivity contribution in [3.63, 3.8) is 0 Å². The van der Waals surface area contributed by atoms with E-state index in [-0.39, 0.29) is 18.6 Å². The quantitative estimate of drug-likeness (QED) is 0.442. The number of thiazole rings is 1. The number of hydrogen-bond donors (Lipinski definition) is 5. The molecule has 31 heavy (non-hydrogen) atoms. The highest BCUT2D eigenvalue weighted by molar-refractivity contribution is 7.18. The van der Waals surface area contributed by atoms with Crippen molar-refractivity contribution in [1.82, 2.24) is 20.6 Å². The van der Waals surface area contributed by atoms with Gasteiger partial charge in [0.25, 0.3) is 0 Å². The van der Waals surface area contributed by atoms with Crippen molar-refractivity contribution in [2.75, 3.05) is 6.61 Å². The average molecular weight is 445 g/mol. The summed E-state index contributed by atoms with van der Waals surface area (Å²) < 4.78 is 0.905. The molecule has 0 spiro atoms. The molecule has 2 aromatic heterocycles. The molecule has 2 saturated carbocycles. The Hall–Kier alpha value is -2.47. The molecule has 164 valence electrons. The zero-order valence-electron chi connectivity index (χ0n) is 16.7. The average Bonchev–Trinajstić information content (AvgIpc) is 3.26. The van der Waals surface area contributed by atoms with Crippen LogP contribution in [0.3, 0.4) is 0 Å². The summed E-state index contributed by atoms with van der Waals surface area (Å²) in [5.74, 6) is -0.871. The van der Waals surface area contributed by atoms with E-state index in [1.54, 1.807) is 12.4 Å². The number of amides is 1. The van der Waals surface area contributed by atoms with Crippen LogP contribution in [0.25, 0.3) is 10.2 Å². The lowest BCUT2D eigenvalue weighted by Crippen LogP contribution is -2.56. The van der Waals surface area contributed by atoms with Gasteiger partial charge < -0.3 is 20.6 Å². The smallest absolute Gasteiger partial charge is 0.244 e. The van der Waals surface area contributed by atoms with E-state index in [2.05, 4.69) is 30.6 Å². The second-order valence-electron chi connectivity index (χ2n) is 8.25. The van der Waals surface area contributed by atoms with Crippen molar-refractivity contribution >= 4 is 39.3 Å². The number of aliphatic imine (C=N–C) groups is 2. The number of fused-ring (bicyclic) bond motifs is 1. The van der Waals surface area contributed by atoms with E-state index in [4.69, 9.17) is 0 Å². The molecule has 5 atom stereocenters. The predicted molar refractivity (Wildman–Crippen MR) is 115 cm³/mol. The number of nitrogens with one attached hydrogen (secondary N) is 2. The molecule has 1 amide bonds. The van der Waals surface area contributed by atoms with Crippen molar-refractivity contribution in [2.45, 2.75) is 55.9 Å². The van der Waals surface area contributed by atoms with Gasteiger partial charge >= 0.3 is 0 Å². The molecule has 1 saturated heterocycles. The Morgan fingerprint density at radius 3 is 2.71 bits per heavy atom. The van der Waals surface area contributed by atoms with Gasteiger partial charge in [0, 0.05) is 18.7 Å². The Morgan fingerprint density at radius 1 is 1.19 bits per heavy atom. The van der Waals surface area contributed by atoms with Gasteiger partial charge in [0.2, 0.25) is 11.9 Å². The number of aromatic nitrogens is 2. The Labute approximate surface area is 182 Å². The van der Waals surface area contributed by atoms with Crippen LogP contribution in [0.1, 0.15) is 36.6 Å². The summed E-state index contributed by atoms with van der Waals surface area (Å²) in [6, 6.07) is 1.37. The van der Waals surface area contributed by atoms with Crippen LogP contribution in [0, 0.1) is 5.92 Å². The summed E-state index contributed by atoms with van der Waals surface area (Å²) in [5.41, 5.74) is 0.695. The van der Waals surface area contributed by atoms with Crippen LogP contribution in [-0.4, -0.2) is 73.9 Å². The summed E-state index contributed by atoms with van der Waals surface area (Å²) in [4.78, 5) is 31.0. The molecule has 5 rings (SSSR count). The van der Waals surface area contributed by atoms with Gasteiger partial charge in [0.05, 0.1) is 34.6 Å². The van der Waals surface area contributed by atoms with Crippen LogP contribution < -0.4 is 10.6 Å². The normalized spacial score (nSPS) is 34.2. The summed E-state index contributed by atoms with van der Waals surface area (Å²) in [5, 5.41) is 36.6. The molecule has 3 fully saturated rings. The number of aliphatic hydroxyl groups excluding tert-OH is 3. The third-order valence-electron chi connectivity index (χ3n) is 6.17. The van der Waals surface area contributed by atoms with Crippen LogP contribution in [0.15, 0.2) is 28.4 Å². The number of nitrogens with zero attached hydrogens (tertiary/aromatic N) is 4. The van der Waals surface area contributed by atoms with Crippen molar-refractivity contribution in [1.29, 1.82) is 0 Å². The van der Waals surface area contributed by atoms with E-state index in [1.165, 1.54) is 11.3 Å². The lowest BCUT2D eigenvalue weighted by atomic mass is 9.94. The van der Waals surface area contributed by atoms with Crippen LogP contribution in [0.5, 0.6) is 0 Å². The Bertz CT molecular complexity index is 1020. The van der Waals surface area contributed by atoms with Crippen molar-refractivity contribution in [3.05, 3.63) is 23.5 Å². The second-order valence-corrected chi connectivity index (χ2v) is 9.31. The number of pyridine rings is 1. The highest BCUT2D eigenvalue weighted by Gasteiger charge is 2.43. The molecule has 0 aromatic carbocycles. The van der Waals surface area contributed by atoms with E-state index in [9.17, 15) is 20.1 Å². The fraction of sp³-hybridized carbons (Fsp3) is 0.550. The van der Waals surface area contributed by atoms with Gasteiger partial charge in [-0.05, 0) is 31.7 Å². The number of guanidine groups is 1. The molecule has 3 heterocycles. The number of aliphatic hydroxyl groups is 3. The highest BCUT2D eigenvalue weighted by atomic mass is 32.1. The molecule has 5 N–H and O–H groups in total. The summed E-state index contributed by atoms with van der Waals surface area (Å²) in [7, 11) is 0. The minimum Gasteiger partial charge on any atom is -0.396 e. The van der Waals surface area contributed by atoms with E-state index in [0.29, 0.717) is 28.7 Å². The summed E-state index contributed by atoms with van der Waals surface area (Å²) in [6.07, 6.45) is 4.53. The van der Waals surface area contributed by atoms with Crippen molar-refractivity contribution < 1.29 is 20.1 Å². The van der Waals surface area contributed by atoms with E-state index >= 15 is 0 Å². The fourth-order valence-corrected chi connectivity index (χ4v) is 5.18. The molecule has 2 aliphatic carbocycles. The third kappa shape index (κ3) is 3.82. The van der Waals surface area contributed by atoms with Crippen LogP contribution in [-0.2, 0) is 4.79 Å². The standard InChI is InChI=1S/C20H24N6O4S/c27-8-9-6-11(16(29)15(9)28)23-17-14(19-24-12-7-21-5-4-13(12)31-19)18(30)26-20(25-17)22-10-2-1-3-10/h4-5,7,9-11,14-16,27-29H,1-3,6,8H2,(H2,22,23,25,26,30)/t9-,11-,14?,15-,16+/m1/s1. The van der Waals surface area contributed by atoms with Gasteiger partial charge in [0.1, 0.15) is 22.9 Å². The Balaban J connectivity index is 1.51. The number of rotatable bonds is 4. The number of amidine groups is 1. The van der Waals surface area contributed by atoms with Gasteiger partial charge in [0.15, 0.2) is 0 Å². The molecule has 10 nitrogen and oxygen atoms in total. The summed E-state index contributed by atoms with van der Waals surface area (Å²) >= 11 is 1.38. The molecule has 11 heteroatoms. The maximum Gasteiger partial charge on any atom is 0.244 e. The molecule has 0 bridgehead atoms. The number of hydrogen-bond acceptors (Lipinski definition) is 9. The minimum atomic E-state index is -1.12. The second kappa shape index (κ2) is 8.23. The van der Waals surface area contributed by atoms with E-state index in [1.807, 2.05) is 6.07 Å². The maximum absolute atomic E-state index is 13.1. The number of carbonyl (C=O) groups excluding carboxylic acids is 1. The maximum atomic E-state index is 13.1. The van der Waals surface area contributed by atoms with E-state index in [0.717, 1.165) is 24.0 Å². The van der Waals surface area contributed by atoms with Gasteiger partial charge in [-0.3, -0.25) is 20.1 Å². The first-order valence-electron chi connectivity index (χ1n) is 10.4. The molecule has 1 aliphatic heterocycles. The molecule has 0 radical (unpaired) electrons. The SMILES string of the molecule is O=C1NC(=NC2CCC2)NC(=N[C@@H]2C[C@H](CO)[C@@H](O)[C@H]2O)C1c1nc2cnccc2s1. The van der Waals surface area contributed by atoms with Gasteiger partial charge in [-0.1, -0.05) is 0 Å². The Kier molecular flexibility index (Phi) is 5.42. The zero-order chi connectivity index (χ0) is 21.5. The summed E-state index contributed by atoms with van der Waals surface area (Å²) in [6.45, 7) is -0.240. The monoisotopic (exact) mass is 444 g/mol. The van der Waals surface area contributed by atoms with Crippen LogP contribution in [0.4, 0.5) is 0 Å². The topological polar surface area (TPSA) is 152 Å². The first-order chi connectivity index (χ1) is 15.0. The highest BCUT2D eigenvalue weighted by Crippen LogP contribution is 2.32. The number of carbonyl (C=O) groups is 1. The molecule has 2 aromatic rings. The third-order valence-corrected chi connectivity index (χ3v) is 7.28. The van der Waals surface area contributed by atoms with E-state index < -0.39 is 30.1 Å². The Morgan fingerprint density at radius 2 is 2.03 bits per heavy atom. The lowest BCUT2D eigenvalue weighted by Gasteiger charge is -2.29.